The topological polar surface area (TPSA) is 110 Å². The van der Waals surface area contributed by atoms with Gasteiger partial charge in [-0.1, -0.05) is 25.5 Å². The molecule has 1 amide bonds. The number of para-hydroxylation sites is 1. The molecule has 0 bridgehead atoms. The fourth-order valence-corrected chi connectivity index (χ4v) is 6.76. The Labute approximate surface area is 265 Å². The van der Waals surface area contributed by atoms with Crippen LogP contribution < -0.4 is 23.7 Å². The first-order chi connectivity index (χ1) is 21.8. The monoisotopic (exact) mass is 625 g/mol. The van der Waals surface area contributed by atoms with E-state index in [1.54, 1.807) is 7.11 Å². The summed E-state index contributed by atoms with van der Waals surface area (Å²) in [5.41, 5.74) is 1.77. The molecule has 1 N–H and O–H groups in total. The SMILES string of the molecule is CCCCN(CCCCN(C)C)C(=O)CN1C[C@H](c2cc(OC)c3c(c2)OCO3)[C@@H](C(=O)O)[C@@H]1CCc1cccc2c1OCO2. The lowest BCUT2D eigenvalue weighted by atomic mass is 9.83. The summed E-state index contributed by atoms with van der Waals surface area (Å²) in [7, 11) is 5.68. The molecule has 1 fully saturated rings. The van der Waals surface area contributed by atoms with E-state index in [1.165, 1.54) is 0 Å². The fourth-order valence-electron chi connectivity index (χ4n) is 6.76. The molecular formula is C34H47N3O8. The lowest BCUT2D eigenvalue weighted by molar-refractivity contribution is -0.143. The molecule has 3 heterocycles. The number of aliphatic carboxylic acids is 1. The van der Waals surface area contributed by atoms with Crippen LogP contribution in [0.1, 0.15) is 56.1 Å². The van der Waals surface area contributed by atoms with E-state index in [2.05, 4.69) is 30.8 Å². The van der Waals surface area contributed by atoms with Gasteiger partial charge in [0.2, 0.25) is 25.2 Å². The second-order valence-corrected chi connectivity index (χ2v) is 12.4. The van der Waals surface area contributed by atoms with Crippen molar-refractivity contribution in [2.75, 3.05) is 67.5 Å². The Hall–Kier alpha value is -3.70. The molecule has 0 unspecified atom stereocenters. The van der Waals surface area contributed by atoms with Crippen molar-refractivity contribution in [1.29, 1.82) is 0 Å². The highest BCUT2D eigenvalue weighted by atomic mass is 16.7. The lowest BCUT2D eigenvalue weighted by Crippen LogP contribution is -2.45. The number of hydrogen-bond acceptors (Lipinski definition) is 9. The van der Waals surface area contributed by atoms with Crippen molar-refractivity contribution in [2.24, 2.45) is 5.92 Å². The standard InChI is InChI=1S/C34H47N3O8/c1-5-6-15-36(16-8-7-14-35(2)3)30(38)20-37-19-25(24-17-28(41-4)33-29(18-24)43-22-45-33)31(34(39)40)26(37)13-12-23-10-9-11-27-32(23)44-21-42-27/h9-11,17-18,25-26,31H,5-8,12-16,19-22H2,1-4H3,(H,39,40)/t25-,26+,31-/m1/s1. The fraction of sp³-hybridized carbons (Fsp3) is 0.588. The number of nitrogens with zero attached hydrogens (tertiary/aromatic N) is 3. The van der Waals surface area contributed by atoms with Gasteiger partial charge in [-0.25, -0.2) is 0 Å². The van der Waals surface area contributed by atoms with Crippen LogP contribution in [0.3, 0.4) is 0 Å². The van der Waals surface area contributed by atoms with Crippen LogP contribution in [0, 0.1) is 5.92 Å². The number of carbonyl (C=O) groups is 2. The average molecular weight is 626 g/mol. The van der Waals surface area contributed by atoms with Gasteiger partial charge < -0.3 is 38.6 Å². The quantitative estimate of drug-likeness (QED) is 0.272. The van der Waals surface area contributed by atoms with Crippen LogP contribution in [0.2, 0.25) is 0 Å². The van der Waals surface area contributed by atoms with E-state index in [9.17, 15) is 14.7 Å². The molecule has 2 aromatic carbocycles. The van der Waals surface area contributed by atoms with Crippen LogP contribution in [0.5, 0.6) is 28.7 Å². The number of rotatable bonds is 16. The first kappa shape index (κ1) is 32.7. The summed E-state index contributed by atoms with van der Waals surface area (Å²) in [5.74, 6) is 1.02. The minimum Gasteiger partial charge on any atom is -0.493 e. The molecule has 3 aliphatic rings. The van der Waals surface area contributed by atoms with Crippen LogP contribution >= 0.6 is 0 Å². The second kappa shape index (κ2) is 15.1. The van der Waals surface area contributed by atoms with Crippen molar-refractivity contribution in [3.63, 3.8) is 0 Å². The first-order valence-electron chi connectivity index (χ1n) is 16.0. The predicted octanol–water partition coefficient (Wildman–Crippen LogP) is 4.22. The zero-order chi connectivity index (χ0) is 31.9. The van der Waals surface area contributed by atoms with Crippen molar-refractivity contribution in [1.82, 2.24) is 14.7 Å². The van der Waals surface area contributed by atoms with Crippen LogP contribution in [0.25, 0.3) is 0 Å². The molecule has 0 spiro atoms. The second-order valence-electron chi connectivity index (χ2n) is 12.4. The Balaban J connectivity index is 1.41. The van der Waals surface area contributed by atoms with E-state index in [-0.39, 0.29) is 38.0 Å². The molecule has 1 saturated heterocycles. The molecule has 0 aromatic heterocycles. The van der Waals surface area contributed by atoms with E-state index in [4.69, 9.17) is 23.7 Å². The Morgan fingerprint density at radius 3 is 2.44 bits per heavy atom. The largest absolute Gasteiger partial charge is 0.493 e. The molecule has 0 radical (unpaired) electrons. The third-order valence-electron chi connectivity index (χ3n) is 9.09. The number of hydrogen-bond donors (Lipinski definition) is 1. The number of fused-ring (bicyclic) bond motifs is 2. The number of ether oxygens (including phenoxy) is 5. The first-order valence-corrected chi connectivity index (χ1v) is 16.0. The van der Waals surface area contributed by atoms with Gasteiger partial charge in [0.1, 0.15) is 0 Å². The number of carbonyl (C=O) groups excluding carboxylic acids is 1. The van der Waals surface area contributed by atoms with E-state index in [1.807, 2.05) is 35.2 Å². The third-order valence-corrected chi connectivity index (χ3v) is 9.09. The summed E-state index contributed by atoms with van der Waals surface area (Å²) >= 11 is 0. The minimum atomic E-state index is -0.888. The average Bonchev–Trinajstić information content (AvgIpc) is 3.77. The van der Waals surface area contributed by atoms with E-state index >= 15 is 0 Å². The molecule has 0 saturated carbocycles. The minimum absolute atomic E-state index is 0.0451. The lowest BCUT2D eigenvalue weighted by Gasteiger charge is -2.30. The molecule has 45 heavy (non-hydrogen) atoms. The van der Waals surface area contributed by atoms with Gasteiger partial charge in [-0.15, -0.1) is 0 Å². The highest BCUT2D eigenvalue weighted by Gasteiger charge is 2.47. The molecule has 0 aliphatic carbocycles. The Morgan fingerprint density at radius 1 is 0.978 bits per heavy atom. The normalized spacial score (nSPS) is 20.2. The number of carboxylic acid groups (broad SMARTS) is 1. The van der Waals surface area contributed by atoms with E-state index in [0.29, 0.717) is 61.2 Å². The number of aryl methyl sites for hydroxylation is 1. The zero-order valence-electron chi connectivity index (χ0n) is 27.0. The molecule has 2 aromatic rings. The molecule has 5 rings (SSSR count). The van der Waals surface area contributed by atoms with Crippen molar-refractivity contribution in [3.05, 3.63) is 41.5 Å². The maximum atomic E-state index is 13.9. The maximum absolute atomic E-state index is 13.9. The van der Waals surface area contributed by atoms with Gasteiger partial charge in [0.05, 0.1) is 19.6 Å². The van der Waals surface area contributed by atoms with E-state index < -0.39 is 11.9 Å². The van der Waals surface area contributed by atoms with Crippen LogP contribution in [0.4, 0.5) is 0 Å². The number of unbranched alkanes of at least 4 members (excludes halogenated alkanes) is 2. The predicted molar refractivity (Wildman–Crippen MR) is 169 cm³/mol. The Bertz CT molecular complexity index is 1330. The summed E-state index contributed by atoms with van der Waals surface area (Å²) in [5, 5.41) is 10.7. The number of carboxylic acids is 1. The molecule has 3 aliphatic heterocycles. The van der Waals surface area contributed by atoms with Gasteiger partial charge in [0, 0.05) is 31.6 Å². The van der Waals surface area contributed by atoms with Crippen LogP contribution in [0.15, 0.2) is 30.3 Å². The van der Waals surface area contributed by atoms with Crippen molar-refractivity contribution in [2.45, 2.75) is 57.4 Å². The van der Waals surface area contributed by atoms with Gasteiger partial charge >= 0.3 is 5.97 Å². The van der Waals surface area contributed by atoms with Crippen molar-refractivity contribution < 1.29 is 38.4 Å². The van der Waals surface area contributed by atoms with Crippen molar-refractivity contribution in [3.8, 4) is 28.7 Å². The molecule has 3 atom stereocenters. The highest BCUT2D eigenvalue weighted by molar-refractivity contribution is 5.79. The van der Waals surface area contributed by atoms with Gasteiger partial charge in [0.15, 0.2) is 23.0 Å². The molecule has 246 valence electrons. The number of benzene rings is 2. The Morgan fingerprint density at radius 2 is 1.71 bits per heavy atom. The Kier molecular flexibility index (Phi) is 10.9. The zero-order valence-corrected chi connectivity index (χ0v) is 27.0. The third kappa shape index (κ3) is 7.58. The number of methoxy groups -OCH3 is 1. The summed E-state index contributed by atoms with van der Waals surface area (Å²) in [6, 6.07) is 9.13. The maximum Gasteiger partial charge on any atom is 0.308 e. The summed E-state index contributed by atoms with van der Waals surface area (Å²) < 4.78 is 28.2. The smallest absolute Gasteiger partial charge is 0.308 e. The summed E-state index contributed by atoms with van der Waals surface area (Å²) in [6.07, 6.45) is 5.00. The number of amides is 1. The van der Waals surface area contributed by atoms with Crippen LogP contribution in [-0.4, -0.2) is 105 Å². The van der Waals surface area contributed by atoms with Crippen molar-refractivity contribution >= 4 is 11.9 Å². The van der Waals surface area contributed by atoms with Gasteiger partial charge in [0.25, 0.3) is 0 Å². The summed E-state index contributed by atoms with van der Waals surface area (Å²) in [6.45, 7) is 5.34. The highest BCUT2D eigenvalue weighted by Crippen LogP contribution is 2.47. The van der Waals surface area contributed by atoms with Gasteiger partial charge in [-0.05, 0) is 82.1 Å². The van der Waals surface area contributed by atoms with Crippen LogP contribution in [-0.2, 0) is 16.0 Å². The van der Waals surface area contributed by atoms with Gasteiger partial charge in [-0.3, -0.25) is 14.5 Å². The molecular weight excluding hydrogens is 578 g/mol. The van der Waals surface area contributed by atoms with Gasteiger partial charge in [-0.2, -0.15) is 0 Å². The van der Waals surface area contributed by atoms with E-state index in [0.717, 1.165) is 43.4 Å². The summed E-state index contributed by atoms with van der Waals surface area (Å²) in [4.78, 5) is 33.2. The number of likely N-dealkylation sites (tertiary alicyclic amines) is 1. The molecule has 11 heteroatoms. The molecule has 11 nitrogen and oxygen atoms in total.